The highest BCUT2D eigenvalue weighted by Crippen LogP contribution is 2.64. The van der Waals surface area contributed by atoms with Crippen LogP contribution in [0.15, 0.2) is 0 Å². The summed E-state index contributed by atoms with van der Waals surface area (Å²) in [6.07, 6.45) is -10.00. The highest BCUT2D eigenvalue weighted by molar-refractivity contribution is 7.00. The highest BCUT2D eigenvalue weighted by atomic mass is 28.4. The van der Waals surface area contributed by atoms with Crippen LogP contribution in [0.3, 0.4) is 0 Å². The second kappa shape index (κ2) is 12.0. The zero-order chi connectivity index (χ0) is 32.8. The predicted molar refractivity (Wildman–Crippen MR) is 123 cm³/mol. The minimum Gasteiger partial charge on any atom is -0.200 e. The average Bonchev–Trinajstić information content (AvgIpc) is 2.69. The van der Waals surface area contributed by atoms with Gasteiger partial charge in [0.1, 0.15) is 0 Å². The Morgan fingerprint density at radius 3 is 0.900 bits per heavy atom. The normalized spacial score (nSPS) is 16.1. The number of alkyl halides is 17. The van der Waals surface area contributed by atoms with Crippen molar-refractivity contribution in [2.75, 3.05) is 0 Å². The van der Waals surface area contributed by atoms with Crippen LogP contribution in [-0.2, 0) is 0 Å². The van der Waals surface area contributed by atoms with Crippen molar-refractivity contribution in [3.05, 3.63) is 0 Å². The van der Waals surface area contributed by atoms with E-state index in [2.05, 4.69) is 0 Å². The number of rotatable bonds is 15. The minimum atomic E-state index is -8.58. The molecule has 0 N–H and O–H groups in total. The van der Waals surface area contributed by atoms with E-state index in [-0.39, 0.29) is 0 Å². The smallest absolute Gasteiger partial charge is 0.200 e. The molecule has 3 radical (unpaired) electrons. The highest BCUT2D eigenvalue weighted by Gasteiger charge is 2.95. The Kier molecular flexibility index (Phi) is 11.9. The van der Waals surface area contributed by atoms with Gasteiger partial charge in [0.05, 0.1) is 0 Å². The van der Waals surface area contributed by atoms with Gasteiger partial charge < -0.3 is 0 Å². The molecule has 0 aromatic carbocycles. The van der Waals surface area contributed by atoms with E-state index in [9.17, 15) is 74.6 Å². The largest absolute Gasteiger partial charge is 0.460 e. The van der Waals surface area contributed by atoms with E-state index in [1.165, 1.54) is 0 Å². The first-order valence-electron chi connectivity index (χ1n) is 11.3. The minimum absolute atomic E-state index is 0.328. The van der Waals surface area contributed by atoms with E-state index in [1.54, 1.807) is 39.3 Å². The number of halogens is 17. The van der Waals surface area contributed by atoms with Crippen molar-refractivity contribution in [2.45, 2.75) is 116 Å². The molecule has 0 aromatic rings. The van der Waals surface area contributed by atoms with Gasteiger partial charge in [0.25, 0.3) is 0 Å². The van der Waals surface area contributed by atoms with E-state index < -0.39 is 94.6 Å². The predicted octanol–water partition coefficient (Wildman–Crippen LogP) is 9.72. The van der Waals surface area contributed by atoms with Crippen molar-refractivity contribution in [3.63, 3.8) is 0 Å². The molecule has 0 bridgehead atoms. The summed E-state index contributed by atoms with van der Waals surface area (Å²) in [6.45, 7) is 10.5. The summed E-state index contributed by atoms with van der Waals surface area (Å²) < 4.78 is 231. The van der Waals surface area contributed by atoms with Crippen molar-refractivity contribution in [3.8, 4) is 0 Å². The molecule has 239 valence electrons. The van der Waals surface area contributed by atoms with Gasteiger partial charge in [-0.15, -0.1) is 0 Å². The molecule has 0 fully saturated rings. The van der Waals surface area contributed by atoms with Crippen LogP contribution in [0.25, 0.3) is 0 Å². The molecule has 0 spiro atoms. The number of hydrogen-bond acceptors (Lipinski definition) is 0. The van der Waals surface area contributed by atoms with Gasteiger partial charge in [-0.3, -0.25) is 0 Å². The van der Waals surface area contributed by atoms with Crippen LogP contribution < -0.4 is 0 Å². The molecule has 0 rings (SSSR count). The van der Waals surface area contributed by atoms with E-state index in [0.29, 0.717) is 17.0 Å². The third kappa shape index (κ3) is 7.07. The topological polar surface area (TPSA) is 0 Å². The molecule has 0 aliphatic heterocycles. The molecule has 0 nitrogen and oxygen atoms in total. The Morgan fingerprint density at radius 2 is 0.650 bits per heavy atom. The Labute approximate surface area is 225 Å². The Hall–Kier alpha value is -0.322. The van der Waals surface area contributed by atoms with E-state index in [1.807, 2.05) is 0 Å². The van der Waals surface area contributed by atoms with Crippen LogP contribution in [0.1, 0.15) is 6.42 Å². The number of hydrogen-bond donors (Lipinski definition) is 0. The average molecular weight is 692 g/mol. The molecule has 21 heteroatoms. The second-order valence-corrected chi connectivity index (χ2v) is 25.8. The van der Waals surface area contributed by atoms with Crippen LogP contribution >= 0.6 is 0 Å². The van der Waals surface area contributed by atoms with Gasteiger partial charge >= 0.3 is 47.6 Å². The van der Waals surface area contributed by atoms with Crippen molar-refractivity contribution in [1.82, 2.24) is 0 Å². The summed E-state index contributed by atoms with van der Waals surface area (Å²) in [5, 5.41) is 0. The SMILES string of the molecule is C[Si](C)C[Si](CCC(F)(F)C(F)(F)C(F)(F)C(F)(F)C(F)(F)C(F)(F)C(F)(F)C(F)(F)F)(C[Si](C)C)C[Si](C)C. The third-order valence-electron chi connectivity index (χ3n) is 5.94. The molecule has 0 unspecified atom stereocenters. The first-order chi connectivity index (χ1) is 17.2. The molecule has 0 heterocycles. The van der Waals surface area contributed by atoms with Crippen LogP contribution in [-0.4, -0.2) is 82.1 Å². The van der Waals surface area contributed by atoms with E-state index >= 15 is 0 Å². The maximum Gasteiger partial charge on any atom is 0.460 e. The van der Waals surface area contributed by atoms with Crippen molar-refractivity contribution >= 4 is 34.5 Å². The molecule has 0 amide bonds. The van der Waals surface area contributed by atoms with Crippen LogP contribution in [0, 0.1) is 0 Å². The lowest BCUT2D eigenvalue weighted by molar-refractivity contribution is -0.461. The maximum absolute atomic E-state index is 14.6. The fourth-order valence-electron chi connectivity index (χ4n) is 4.48. The third-order valence-corrected chi connectivity index (χ3v) is 24.7. The van der Waals surface area contributed by atoms with E-state index in [4.69, 9.17) is 0 Å². The molecular formula is C19H28F17Si4. The molecule has 0 atom stereocenters. The lowest BCUT2D eigenvalue weighted by atomic mass is 9.88. The van der Waals surface area contributed by atoms with Gasteiger partial charge in [-0.25, -0.2) is 0 Å². The second-order valence-electron chi connectivity index (χ2n) is 10.8. The molecule has 0 aromatic heterocycles. The summed E-state index contributed by atoms with van der Waals surface area (Å²) in [5.41, 5.74) is 0.983. The quantitative estimate of drug-likeness (QED) is 0.119. The molecule has 0 saturated carbocycles. The molecule has 0 saturated heterocycles. The zero-order valence-electron chi connectivity index (χ0n) is 22.0. The fourth-order valence-corrected chi connectivity index (χ4v) is 30.3. The van der Waals surface area contributed by atoms with E-state index in [0.717, 1.165) is 0 Å². The summed E-state index contributed by atoms with van der Waals surface area (Å²) in [6, 6.07) is -0.850. The summed E-state index contributed by atoms with van der Waals surface area (Å²) in [7, 11) is -6.73. The van der Waals surface area contributed by atoms with Gasteiger partial charge in [0, 0.05) is 40.9 Å². The zero-order valence-corrected chi connectivity index (χ0v) is 26.0. The lowest BCUT2D eigenvalue weighted by Gasteiger charge is -2.43. The Morgan fingerprint density at radius 1 is 0.400 bits per heavy atom. The summed E-state index contributed by atoms with van der Waals surface area (Å²) >= 11 is 0. The van der Waals surface area contributed by atoms with Crippen LogP contribution in [0.2, 0.25) is 62.3 Å². The molecular weight excluding hydrogens is 664 g/mol. The first kappa shape index (κ1) is 39.7. The molecule has 40 heavy (non-hydrogen) atoms. The Bertz CT molecular complexity index is 811. The van der Waals surface area contributed by atoms with Crippen molar-refractivity contribution in [1.29, 1.82) is 0 Å². The van der Waals surface area contributed by atoms with Crippen molar-refractivity contribution < 1.29 is 74.6 Å². The van der Waals surface area contributed by atoms with Gasteiger partial charge in [0.15, 0.2) is 0 Å². The van der Waals surface area contributed by atoms with Crippen LogP contribution in [0.5, 0.6) is 0 Å². The molecule has 0 aliphatic rings. The van der Waals surface area contributed by atoms with Gasteiger partial charge in [-0.1, -0.05) is 62.3 Å². The fraction of sp³-hybridized carbons (Fsp3) is 1.00. The maximum atomic E-state index is 14.6. The summed E-state index contributed by atoms with van der Waals surface area (Å²) in [4.78, 5) is 0. The van der Waals surface area contributed by atoms with Gasteiger partial charge in [-0.2, -0.15) is 74.6 Å². The Balaban J connectivity index is 6.72. The van der Waals surface area contributed by atoms with Gasteiger partial charge in [0.2, 0.25) is 0 Å². The lowest BCUT2D eigenvalue weighted by Crippen LogP contribution is -2.74. The summed E-state index contributed by atoms with van der Waals surface area (Å²) in [5.74, 6) is -55.7. The van der Waals surface area contributed by atoms with Crippen molar-refractivity contribution in [2.24, 2.45) is 0 Å². The van der Waals surface area contributed by atoms with Gasteiger partial charge in [-0.05, 0) is 0 Å². The monoisotopic (exact) mass is 691 g/mol. The molecule has 0 aliphatic carbocycles. The standard InChI is InChI=1S/C19H28F17Si4/c1-37(2)9-40(10-38(3)4,11-39(5)6)8-7-12(20,21)13(22,23)14(24,25)15(26,27)16(28,29)17(30,31)18(32,33)19(34,35)36/h7-11H2,1-6H3. The first-order valence-corrected chi connectivity index (χ1v) is 22.2. The van der Waals surface area contributed by atoms with Crippen LogP contribution in [0.4, 0.5) is 74.6 Å².